The first-order valence-electron chi connectivity index (χ1n) is 9.66. The van der Waals surface area contributed by atoms with E-state index in [-0.39, 0.29) is 22.1 Å². The van der Waals surface area contributed by atoms with Crippen LogP contribution in [-0.2, 0) is 9.59 Å². The fourth-order valence-corrected chi connectivity index (χ4v) is 8.08. The summed E-state index contributed by atoms with van der Waals surface area (Å²) < 4.78 is 0. The van der Waals surface area contributed by atoms with Crippen LogP contribution in [0.4, 0.5) is 0 Å². The molecule has 0 aromatic rings. The number of carbonyl (C=O) groups excluding carboxylic acids is 2. The van der Waals surface area contributed by atoms with E-state index in [0.717, 1.165) is 32.1 Å². The van der Waals surface area contributed by atoms with Crippen molar-refractivity contribution in [3.63, 3.8) is 0 Å². The van der Waals surface area contributed by atoms with Crippen molar-refractivity contribution in [1.29, 1.82) is 0 Å². The minimum Gasteiger partial charge on any atom is -0.300 e. The van der Waals surface area contributed by atoms with Gasteiger partial charge in [-0.05, 0) is 80.1 Å². The number of halogens is 1. The van der Waals surface area contributed by atoms with Crippen molar-refractivity contribution < 1.29 is 9.59 Å². The van der Waals surface area contributed by atoms with Crippen molar-refractivity contribution in [2.45, 2.75) is 71.1 Å². The summed E-state index contributed by atoms with van der Waals surface area (Å²) in [4.78, 5) is 24.1. The molecule has 0 aromatic heterocycles. The summed E-state index contributed by atoms with van der Waals surface area (Å²) in [5, 5.41) is 0.123. The fraction of sp³-hybridized carbons (Fsp3) is 0.810. The molecule has 0 saturated heterocycles. The zero-order valence-corrected chi connectivity index (χ0v) is 15.9. The van der Waals surface area contributed by atoms with Crippen LogP contribution in [0.3, 0.4) is 0 Å². The third-order valence-corrected chi connectivity index (χ3v) is 8.77. The zero-order valence-electron chi connectivity index (χ0n) is 15.1. The molecule has 4 aliphatic rings. The fourth-order valence-electron chi connectivity index (χ4n) is 7.28. The van der Waals surface area contributed by atoms with E-state index in [0.29, 0.717) is 35.7 Å². The molecule has 2 nitrogen and oxygen atoms in total. The smallest absolute Gasteiger partial charge is 0.155 e. The molecule has 0 aliphatic heterocycles. The van der Waals surface area contributed by atoms with Gasteiger partial charge in [-0.25, -0.2) is 0 Å². The molecular weight excluding hydrogens is 320 g/mol. The molecule has 0 bridgehead atoms. The molecule has 4 aliphatic carbocycles. The van der Waals surface area contributed by atoms with Crippen LogP contribution >= 0.6 is 11.6 Å². The molecule has 132 valence electrons. The summed E-state index contributed by atoms with van der Waals surface area (Å²) in [5.41, 5.74) is 1.54. The van der Waals surface area contributed by atoms with Crippen LogP contribution in [-0.4, -0.2) is 16.9 Å². The third kappa shape index (κ3) is 2.14. The second kappa shape index (κ2) is 5.43. The Morgan fingerprint density at radius 2 is 1.96 bits per heavy atom. The second-order valence-electron chi connectivity index (χ2n) is 9.35. The summed E-state index contributed by atoms with van der Waals surface area (Å²) >= 11 is 7.04. The first-order chi connectivity index (χ1) is 11.3. The van der Waals surface area contributed by atoms with Gasteiger partial charge in [0.1, 0.15) is 5.78 Å². The van der Waals surface area contributed by atoms with Crippen LogP contribution in [0.25, 0.3) is 0 Å². The van der Waals surface area contributed by atoms with Crippen molar-refractivity contribution in [1.82, 2.24) is 0 Å². The number of carbonyl (C=O) groups is 2. The topological polar surface area (TPSA) is 34.1 Å². The van der Waals surface area contributed by atoms with Gasteiger partial charge in [0, 0.05) is 17.7 Å². The highest BCUT2D eigenvalue weighted by Crippen LogP contribution is 2.67. The molecule has 7 atom stereocenters. The van der Waals surface area contributed by atoms with E-state index >= 15 is 0 Å². The Balaban J connectivity index is 1.72. The quantitative estimate of drug-likeness (QED) is 0.629. The molecule has 0 amide bonds. The lowest BCUT2D eigenvalue weighted by Crippen LogP contribution is -2.55. The number of hydrogen-bond acceptors (Lipinski definition) is 2. The molecule has 0 radical (unpaired) electrons. The number of rotatable bonds is 1. The van der Waals surface area contributed by atoms with Crippen LogP contribution in [0.5, 0.6) is 0 Å². The van der Waals surface area contributed by atoms with Gasteiger partial charge in [-0.3, -0.25) is 9.59 Å². The Morgan fingerprint density at radius 3 is 2.67 bits per heavy atom. The molecule has 0 spiro atoms. The number of fused-ring (bicyclic) bond motifs is 5. The Kier molecular flexibility index (Phi) is 3.81. The van der Waals surface area contributed by atoms with Gasteiger partial charge in [-0.15, -0.1) is 11.6 Å². The lowest BCUT2D eigenvalue weighted by molar-refractivity contribution is -0.128. The predicted molar refractivity (Wildman–Crippen MR) is 95.9 cm³/mol. The normalized spacial score (nSPS) is 50.6. The highest BCUT2D eigenvalue weighted by molar-refractivity contribution is 6.21. The molecule has 3 heteroatoms. The summed E-state index contributed by atoms with van der Waals surface area (Å²) in [6.07, 6.45) is 8.94. The standard InChI is InChI=1S/C21H29ClO2/c1-12(23)16-6-7-17-15-5-4-13-10-14(24)8-9-20(13,2)19(15)18(22)11-21(16,17)3/h10,15-19H,4-9,11H2,1-3H3/t15-,16+,17-,18?,19+,20-,21+/m0/s1. The van der Waals surface area contributed by atoms with E-state index in [1.807, 2.05) is 6.08 Å². The molecule has 24 heavy (non-hydrogen) atoms. The first kappa shape index (κ1) is 16.8. The highest BCUT2D eigenvalue weighted by Gasteiger charge is 2.62. The van der Waals surface area contributed by atoms with Gasteiger partial charge < -0.3 is 0 Å². The molecule has 0 N–H and O–H groups in total. The van der Waals surface area contributed by atoms with Gasteiger partial charge in [0.15, 0.2) is 5.78 Å². The van der Waals surface area contributed by atoms with Crippen LogP contribution < -0.4 is 0 Å². The highest BCUT2D eigenvalue weighted by atomic mass is 35.5. The van der Waals surface area contributed by atoms with Crippen molar-refractivity contribution in [2.75, 3.05) is 0 Å². The average molecular weight is 349 g/mol. The Hall–Kier alpha value is -0.630. The zero-order chi connectivity index (χ0) is 17.3. The van der Waals surface area contributed by atoms with Crippen LogP contribution in [0.15, 0.2) is 11.6 Å². The van der Waals surface area contributed by atoms with E-state index < -0.39 is 0 Å². The van der Waals surface area contributed by atoms with E-state index in [9.17, 15) is 9.59 Å². The first-order valence-corrected chi connectivity index (χ1v) is 10.1. The molecule has 4 rings (SSSR count). The largest absolute Gasteiger partial charge is 0.300 e. The van der Waals surface area contributed by atoms with Gasteiger partial charge in [-0.2, -0.15) is 0 Å². The lowest BCUT2D eigenvalue weighted by atomic mass is 9.46. The SMILES string of the molecule is CC(=O)[C@H]1CC[C@H]2[C@@H]3CCC4=CC(=O)CC[C@]4(C)[C@H]3C(Cl)C[C@]12C. The molecule has 0 heterocycles. The minimum absolute atomic E-state index is 0.0848. The van der Waals surface area contributed by atoms with Crippen molar-refractivity contribution in [3.8, 4) is 0 Å². The van der Waals surface area contributed by atoms with Gasteiger partial charge >= 0.3 is 0 Å². The molecule has 1 unspecified atom stereocenters. The van der Waals surface area contributed by atoms with E-state index in [1.54, 1.807) is 6.92 Å². The van der Waals surface area contributed by atoms with Crippen LogP contribution in [0, 0.1) is 34.5 Å². The van der Waals surface area contributed by atoms with Gasteiger partial charge in [0.05, 0.1) is 0 Å². The van der Waals surface area contributed by atoms with E-state index in [2.05, 4.69) is 13.8 Å². The number of allylic oxidation sites excluding steroid dienone is 1. The predicted octanol–water partition coefficient (Wildman–Crippen LogP) is 4.94. The summed E-state index contributed by atoms with van der Waals surface area (Å²) in [7, 11) is 0. The minimum atomic E-state index is 0.0848. The van der Waals surface area contributed by atoms with E-state index in [4.69, 9.17) is 11.6 Å². The van der Waals surface area contributed by atoms with Crippen molar-refractivity contribution in [3.05, 3.63) is 11.6 Å². The Labute approximate surface area is 150 Å². The van der Waals surface area contributed by atoms with Gasteiger partial charge in [-0.1, -0.05) is 19.4 Å². The Morgan fingerprint density at radius 1 is 1.21 bits per heavy atom. The molecular formula is C21H29ClO2. The summed E-state index contributed by atoms with van der Waals surface area (Å²) in [5.74, 6) is 2.56. The Bertz CT molecular complexity index is 623. The monoisotopic (exact) mass is 348 g/mol. The number of ketones is 2. The van der Waals surface area contributed by atoms with Crippen molar-refractivity contribution >= 4 is 23.2 Å². The maximum absolute atomic E-state index is 12.2. The number of Topliss-reactive ketones (excluding diaryl/α,β-unsaturated/α-hetero) is 1. The summed E-state index contributed by atoms with van der Waals surface area (Å²) in [6, 6.07) is 0. The van der Waals surface area contributed by atoms with Gasteiger partial charge in [0.25, 0.3) is 0 Å². The third-order valence-electron chi connectivity index (χ3n) is 8.34. The molecule has 0 aromatic carbocycles. The van der Waals surface area contributed by atoms with Crippen molar-refractivity contribution in [2.24, 2.45) is 34.5 Å². The van der Waals surface area contributed by atoms with Crippen LogP contribution in [0.1, 0.15) is 65.7 Å². The summed E-state index contributed by atoms with van der Waals surface area (Å²) in [6.45, 7) is 6.46. The maximum Gasteiger partial charge on any atom is 0.155 e. The number of alkyl halides is 1. The van der Waals surface area contributed by atoms with Gasteiger partial charge in [0.2, 0.25) is 0 Å². The maximum atomic E-state index is 12.2. The van der Waals surface area contributed by atoms with Crippen LogP contribution in [0.2, 0.25) is 0 Å². The molecule has 3 fully saturated rings. The second-order valence-corrected chi connectivity index (χ2v) is 9.92. The van der Waals surface area contributed by atoms with E-state index in [1.165, 1.54) is 12.0 Å². The number of hydrogen-bond donors (Lipinski definition) is 0. The molecule has 3 saturated carbocycles. The lowest BCUT2D eigenvalue weighted by Gasteiger charge is -2.59. The average Bonchev–Trinajstić information content (AvgIpc) is 2.84.